The molecule has 0 aliphatic heterocycles. The molecule has 2 heterocycles. The summed E-state index contributed by atoms with van der Waals surface area (Å²) in [6.07, 6.45) is 3.42. The molecular formula is C17H18ClN5O2. The summed E-state index contributed by atoms with van der Waals surface area (Å²) in [6, 6.07) is 8.83. The molecule has 3 aromatic rings. The molecule has 0 aliphatic rings. The molecule has 1 N–H and O–H groups in total. The van der Waals surface area contributed by atoms with Crippen LogP contribution in [0, 0.1) is 6.92 Å². The van der Waals surface area contributed by atoms with E-state index in [0.717, 1.165) is 11.3 Å². The van der Waals surface area contributed by atoms with E-state index in [-0.39, 0.29) is 12.6 Å². The largest absolute Gasteiger partial charge is 0.470 e. The van der Waals surface area contributed by atoms with Crippen molar-refractivity contribution < 1.29 is 9.53 Å². The first-order valence-electron chi connectivity index (χ1n) is 7.71. The molecule has 0 saturated heterocycles. The van der Waals surface area contributed by atoms with Gasteiger partial charge in [0, 0.05) is 31.0 Å². The molecule has 0 unspecified atom stereocenters. The quantitative estimate of drug-likeness (QED) is 0.734. The van der Waals surface area contributed by atoms with Crippen molar-refractivity contribution in [3.8, 4) is 5.75 Å². The normalized spacial score (nSPS) is 10.7. The third kappa shape index (κ3) is 4.00. The van der Waals surface area contributed by atoms with Crippen molar-refractivity contribution in [1.29, 1.82) is 0 Å². The van der Waals surface area contributed by atoms with E-state index in [0.29, 0.717) is 23.0 Å². The molecule has 0 aliphatic carbocycles. The van der Waals surface area contributed by atoms with Crippen LogP contribution < -0.4 is 10.1 Å². The van der Waals surface area contributed by atoms with Gasteiger partial charge in [-0.15, -0.1) is 0 Å². The summed E-state index contributed by atoms with van der Waals surface area (Å²) >= 11 is 6.03. The van der Waals surface area contributed by atoms with Gasteiger partial charge in [0.25, 0.3) is 5.91 Å². The maximum Gasteiger partial charge on any atom is 0.272 e. The zero-order valence-corrected chi connectivity index (χ0v) is 14.7. The Labute approximate surface area is 150 Å². The highest BCUT2D eigenvalue weighted by Gasteiger charge is 2.11. The SMILES string of the molecule is Cc1c(CNC(=O)c2ccn(COc3ccccc3Cl)n2)cnn1C. The van der Waals surface area contributed by atoms with Crippen molar-refractivity contribution >= 4 is 17.5 Å². The molecule has 3 rings (SSSR count). The van der Waals surface area contributed by atoms with Gasteiger partial charge in [0.2, 0.25) is 0 Å². The number of nitrogens with zero attached hydrogens (tertiary/aromatic N) is 4. The second-order valence-corrected chi connectivity index (χ2v) is 5.91. The predicted molar refractivity (Wildman–Crippen MR) is 93.4 cm³/mol. The number of carbonyl (C=O) groups is 1. The standard InChI is InChI=1S/C17H18ClN5O2/c1-12-13(10-20-22(12)2)9-19-17(24)15-7-8-23(21-15)11-25-16-6-4-3-5-14(16)18/h3-8,10H,9,11H2,1-2H3,(H,19,24). The van der Waals surface area contributed by atoms with Gasteiger partial charge in [-0.3, -0.25) is 9.48 Å². The topological polar surface area (TPSA) is 74.0 Å². The summed E-state index contributed by atoms with van der Waals surface area (Å²) < 4.78 is 8.89. The number of aryl methyl sites for hydroxylation is 1. The summed E-state index contributed by atoms with van der Waals surface area (Å²) in [7, 11) is 1.86. The van der Waals surface area contributed by atoms with Crippen LogP contribution in [0.1, 0.15) is 21.7 Å². The second kappa shape index (κ2) is 7.40. The van der Waals surface area contributed by atoms with Gasteiger partial charge in [-0.2, -0.15) is 10.2 Å². The van der Waals surface area contributed by atoms with Crippen LogP contribution in [0.4, 0.5) is 0 Å². The van der Waals surface area contributed by atoms with Gasteiger partial charge >= 0.3 is 0 Å². The molecule has 25 heavy (non-hydrogen) atoms. The number of nitrogens with one attached hydrogen (secondary N) is 1. The molecule has 0 fully saturated rings. The summed E-state index contributed by atoms with van der Waals surface area (Å²) in [6.45, 7) is 2.52. The van der Waals surface area contributed by atoms with Crippen molar-refractivity contribution in [1.82, 2.24) is 24.9 Å². The molecule has 8 heteroatoms. The fourth-order valence-electron chi connectivity index (χ4n) is 2.24. The fourth-order valence-corrected chi connectivity index (χ4v) is 2.43. The lowest BCUT2D eigenvalue weighted by Crippen LogP contribution is -2.24. The van der Waals surface area contributed by atoms with Gasteiger partial charge < -0.3 is 10.1 Å². The smallest absolute Gasteiger partial charge is 0.272 e. The van der Waals surface area contributed by atoms with E-state index in [1.165, 1.54) is 4.68 Å². The van der Waals surface area contributed by atoms with Crippen LogP contribution in [0.3, 0.4) is 0 Å². The Morgan fingerprint density at radius 2 is 2.12 bits per heavy atom. The van der Waals surface area contributed by atoms with Crippen molar-refractivity contribution in [3.05, 3.63) is 64.7 Å². The number of amides is 1. The summed E-state index contributed by atoms with van der Waals surface area (Å²) in [5, 5.41) is 11.7. The highest BCUT2D eigenvalue weighted by molar-refractivity contribution is 6.32. The Hall–Kier alpha value is -2.80. The molecule has 1 aromatic carbocycles. The molecule has 7 nitrogen and oxygen atoms in total. The number of benzene rings is 1. The van der Waals surface area contributed by atoms with E-state index in [9.17, 15) is 4.79 Å². The van der Waals surface area contributed by atoms with Gasteiger partial charge in [0.15, 0.2) is 6.73 Å². The first-order chi connectivity index (χ1) is 12.0. The molecule has 0 bridgehead atoms. The fraction of sp³-hybridized carbons (Fsp3) is 0.235. The number of halogens is 1. The molecule has 0 saturated carbocycles. The highest BCUT2D eigenvalue weighted by Crippen LogP contribution is 2.23. The Balaban J connectivity index is 1.56. The van der Waals surface area contributed by atoms with Crippen molar-refractivity contribution in [2.75, 3.05) is 0 Å². The molecule has 0 radical (unpaired) electrons. The number of para-hydroxylation sites is 1. The van der Waals surface area contributed by atoms with E-state index in [1.807, 2.05) is 26.1 Å². The van der Waals surface area contributed by atoms with E-state index in [1.54, 1.807) is 35.3 Å². The van der Waals surface area contributed by atoms with E-state index < -0.39 is 0 Å². The molecular weight excluding hydrogens is 342 g/mol. The minimum Gasteiger partial charge on any atom is -0.470 e. The van der Waals surface area contributed by atoms with Crippen molar-refractivity contribution in [2.45, 2.75) is 20.2 Å². The van der Waals surface area contributed by atoms with E-state index >= 15 is 0 Å². The zero-order chi connectivity index (χ0) is 17.8. The number of hydrogen-bond acceptors (Lipinski definition) is 4. The average Bonchev–Trinajstić information content (AvgIpc) is 3.20. The zero-order valence-electron chi connectivity index (χ0n) is 13.9. The van der Waals surface area contributed by atoms with Gasteiger partial charge in [-0.05, 0) is 25.1 Å². The predicted octanol–water partition coefficient (Wildman–Crippen LogP) is 2.54. The van der Waals surface area contributed by atoms with Crippen LogP contribution in [-0.4, -0.2) is 25.5 Å². The van der Waals surface area contributed by atoms with Crippen LogP contribution in [0.25, 0.3) is 0 Å². The van der Waals surface area contributed by atoms with Crippen LogP contribution >= 0.6 is 11.6 Å². The monoisotopic (exact) mass is 359 g/mol. The molecule has 0 atom stereocenters. The Kier molecular flexibility index (Phi) is 5.04. The number of rotatable bonds is 6. The maximum absolute atomic E-state index is 12.2. The first kappa shape index (κ1) is 17.0. The minimum atomic E-state index is -0.250. The lowest BCUT2D eigenvalue weighted by molar-refractivity contribution is 0.0944. The Morgan fingerprint density at radius 1 is 1.32 bits per heavy atom. The third-order valence-electron chi connectivity index (χ3n) is 3.84. The van der Waals surface area contributed by atoms with Crippen LogP contribution in [0.15, 0.2) is 42.7 Å². The van der Waals surface area contributed by atoms with Crippen molar-refractivity contribution in [2.24, 2.45) is 7.05 Å². The van der Waals surface area contributed by atoms with Gasteiger partial charge in [-0.25, -0.2) is 4.68 Å². The molecule has 0 spiro atoms. The van der Waals surface area contributed by atoms with E-state index in [4.69, 9.17) is 16.3 Å². The average molecular weight is 360 g/mol. The number of hydrogen-bond donors (Lipinski definition) is 1. The lowest BCUT2D eigenvalue weighted by atomic mass is 10.2. The van der Waals surface area contributed by atoms with E-state index in [2.05, 4.69) is 15.5 Å². The molecule has 1 amide bonds. The van der Waals surface area contributed by atoms with Gasteiger partial charge in [0.1, 0.15) is 11.4 Å². The van der Waals surface area contributed by atoms with Crippen LogP contribution in [0.2, 0.25) is 5.02 Å². The summed E-state index contributed by atoms with van der Waals surface area (Å²) in [5.74, 6) is 0.317. The van der Waals surface area contributed by atoms with Gasteiger partial charge in [-0.1, -0.05) is 23.7 Å². The Bertz CT molecular complexity index is 887. The maximum atomic E-state index is 12.2. The number of carbonyl (C=O) groups excluding carboxylic acids is 1. The summed E-state index contributed by atoms with van der Waals surface area (Å²) in [4.78, 5) is 12.2. The van der Waals surface area contributed by atoms with Crippen LogP contribution in [0.5, 0.6) is 5.75 Å². The van der Waals surface area contributed by atoms with Crippen LogP contribution in [-0.2, 0) is 20.3 Å². The molecule has 2 aromatic heterocycles. The first-order valence-corrected chi connectivity index (χ1v) is 8.09. The number of ether oxygens (including phenoxy) is 1. The number of aromatic nitrogens is 4. The second-order valence-electron chi connectivity index (χ2n) is 5.51. The Morgan fingerprint density at radius 3 is 2.84 bits per heavy atom. The van der Waals surface area contributed by atoms with Crippen molar-refractivity contribution in [3.63, 3.8) is 0 Å². The minimum absolute atomic E-state index is 0.165. The summed E-state index contributed by atoms with van der Waals surface area (Å²) in [5.41, 5.74) is 2.31. The third-order valence-corrected chi connectivity index (χ3v) is 4.15. The lowest BCUT2D eigenvalue weighted by Gasteiger charge is -2.07. The highest BCUT2D eigenvalue weighted by atomic mass is 35.5. The molecule has 130 valence electrons. The van der Waals surface area contributed by atoms with Gasteiger partial charge in [0.05, 0.1) is 11.2 Å².